The Morgan fingerprint density at radius 1 is 1.17 bits per heavy atom. The van der Waals surface area contributed by atoms with Gasteiger partial charge in [-0.3, -0.25) is 0 Å². The summed E-state index contributed by atoms with van der Waals surface area (Å²) in [5, 5.41) is 7.51. The second-order valence-electron chi connectivity index (χ2n) is 6.02. The molecule has 2 aliphatic rings. The zero-order valence-electron chi connectivity index (χ0n) is 13.2. The number of ether oxygens (including phenoxy) is 1. The summed E-state index contributed by atoms with van der Waals surface area (Å²) in [5.41, 5.74) is 2.99. The van der Waals surface area contributed by atoms with Crippen molar-refractivity contribution in [2.75, 3.05) is 20.2 Å². The van der Waals surface area contributed by atoms with Crippen LogP contribution in [0.2, 0.25) is 0 Å². The van der Waals surface area contributed by atoms with Crippen molar-refractivity contribution in [2.45, 2.75) is 12.0 Å². The van der Waals surface area contributed by atoms with Crippen LogP contribution >= 0.6 is 0 Å². The van der Waals surface area contributed by atoms with Crippen molar-refractivity contribution in [3.63, 3.8) is 0 Å². The molecule has 0 saturated heterocycles. The van der Waals surface area contributed by atoms with Gasteiger partial charge in [-0.05, 0) is 24.7 Å². The number of likely N-dealkylation sites (N-methyl/N-ethyl adjacent to an activating group) is 1. The highest BCUT2D eigenvalue weighted by Crippen LogP contribution is 2.60. The summed E-state index contributed by atoms with van der Waals surface area (Å²) in [6, 6.07) is 18.5. The summed E-state index contributed by atoms with van der Waals surface area (Å²) in [7, 11) is 1.90. The van der Waals surface area contributed by atoms with E-state index >= 15 is 0 Å². The maximum Gasteiger partial charge on any atom is 0.143 e. The molecule has 1 heterocycles. The smallest absolute Gasteiger partial charge is 0.143 e. The number of hydrogen-bond acceptors (Lipinski definition) is 4. The fourth-order valence-electron chi connectivity index (χ4n) is 3.30. The molecule has 4 heteroatoms. The fraction of sp³-hybridized carbons (Fsp3) is 0.316. The molecule has 0 bridgehead atoms. The molecule has 0 aromatic heterocycles. The number of hydrogen-bond donors (Lipinski definition) is 1. The lowest BCUT2D eigenvalue weighted by molar-refractivity contribution is 0.139. The first kappa shape index (κ1) is 14.3. The molecule has 1 saturated carbocycles. The highest BCUT2D eigenvalue weighted by molar-refractivity contribution is 6.08. The van der Waals surface area contributed by atoms with Crippen LogP contribution in [0.25, 0.3) is 0 Å². The van der Waals surface area contributed by atoms with Crippen molar-refractivity contribution in [1.82, 2.24) is 5.32 Å². The van der Waals surface area contributed by atoms with Gasteiger partial charge in [0.1, 0.15) is 18.0 Å². The van der Waals surface area contributed by atoms with E-state index in [-0.39, 0.29) is 11.5 Å². The van der Waals surface area contributed by atoms with Crippen molar-refractivity contribution in [2.24, 2.45) is 11.1 Å². The monoisotopic (exact) mass is 308 g/mol. The summed E-state index contributed by atoms with van der Waals surface area (Å²) in [6.07, 6.45) is 0.944. The third-order valence-electron chi connectivity index (χ3n) is 4.56. The Morgan fingerprint density at radius 3 is 2.78 bits per heavy atom. The third-order valence-corrected chi connectivity index (χ3v) is 4.56. The van der Waals surface area contributed by atoms with E-state index in [9.17, 15) is 0 Å². The number of rotatable bonds is 5. The highest BCUT2D eigenvalue weighted by atomic mass is 16.6. The average Bonchev–Trinajstić information content (AvgIpc) is 3.34. The molecule has 1 aliphatic heterocycles. The van der Waals surface area contributed by atoms with Crippen molar-refractivity contribution in [3.05, 3.63) is 65.7 Å². The van der Waals surface area contributed by atoms with E-state index in [4.69, 9.17) is 9.57 Å². The summed E-state index contributed by atoms with van der Waals surface area (Å²) >= 11 is 0. The lowest BCUT2D eigenvalue weighted by Crippen LogP contribution is -2.28. The molecule has 1 N–H and O–H groups in total. The number of nitrogens with zero attached hydrogens (tertiary/aromatic N) is 1. The third kappa shape index (κ3) is 2.39. The molecule has 4 nitrogen and oxygen atoms in total. The lowest BCUT2D eigenvalue weighted by Gasteiger charge is -2.27. The fourth-order valence-corrected chi connectivity index (χ4v) is 3.30. The SMILES string of the molecule is CNCCON=C1c2ccccc2OC2(c3ccccc3)CC12. The van der Waals surface area contributed by atoms with E-state index in [1.54, 1.807) is 0 Å². The predicted octanol–water partition coefficient (Wildman–Crippen LogP) is 2.93. The summed E-state index contributed by atoms with van der Waals surface area (Å²) in [4.78, 5) is 5.52. The maximum atomic E-state index is 6.39. The number of oxime groups is 1. The van der Waals surface area contributed by atoms with Crippen molar-refractivity contribution >= 4 is 5.71 Å². The molecular formula is C19H20N2O2. The van der Waals surface area contributed by atoms with E-state index in [1.807, 2.05) is 31.3 Å². The van der Waals surface area contributed by atoms with Gasteiger partial charge in [0.25, 0.3) is 0 Å². The normalized spacial score (nSPS) is 26.1. The van der Waals surface area contributed by atoms with Gasteiger partial charge < -0.3 is 14.9 Å². The van der Waals surface area contributed by atoms with Gasteiger partial charge in [0.2, 0.25) is 0 Å². The van der Waals surface area contributed by atoms with Crippen LogP contribution in [0, 0.1) is 5.92 Å². The second-order valence-corrected chi connectivity index (χ2v) is 6.02. The van der Waals surface area contributed by atoms with Crippen molar-refractivity contribution < 1.29 is 9.57 Å². The van der Waals surface area contributed by atoms with E-state index in [2.05, 4.69) is 40.8 Å². The quantitative estimate of drug-likeness (QED) is 0.682. The van der Waals surface area contributed by atoms with E-state index in [0.717, 1.165) is 30.0 Å². The van der Waals surface area contributed by atoms with Crippen molar-refractivity contribution in [3.8, 4) is 5.75 Å². The second kappa shape index (κ2) is 5.70. The molecule has 1 fully saturated rings. The molecule has 2 atom stereocenters. The van der Waals surface area contributed by atoms with Crippen LogP contribution in [-0.2, 0) is 10.4 Å². The molecule has 2 unspecified atom stereocenters. The van der Waals surface area contributed by atoms with Gasteiger partial charge in [0.05, 0.1) is 11.6 Å². The summed E-state index contributed by atoms with van der Waals surface area (Å²) in [6.45, 7) is 1.34. The van der Waals surface area contributed by atoms with Gasteiger partial charge in [0.15, 0.2) is 0 Å². The van der Waals surface area contributed by atoms with Gasteiger partial charge in [0, 0.05) is 18.5 Å². The Hall–Kier alpha value is -2.33. The number of para-hydroxylation sites is 1. The molecule has 4 rings (SSSR count). The van der Waals surface area contributed by atoms with Crippen LogP contribution in [0.1, 0.15) is 17.5 Å². The van der Waals surface area contributed by atoms with Crippen molar-refractivity contribution in [1.29, 1.82) is 0 Å². The molecular weight excluding hydrogens is 288 g/mol. The van der Waals surface area contributed by atoms with Gasteiger partial charge in [-0.25, -0.2) is 0 Å². The minimum absolute atomic E-state index is 0.259. The Labute approximate surface area is 136 Å². The Morgan fingerprint density at radius 2 is 1.96 bits per heavy atom. The molecule has 0 amide bonds. The van der Waals surface area contributed by atoms with E-state index in [0.29, 0.717) is 6.61 Å². The minimum Gasteiger partial charge on any atom is -0.481 e. The molecule has 2 aromatic carbocycles. The molecule has 118 valence electrons. The first-order valence-corrected chi connectivity index (χ1v) is 8.03. The van der Waals surface area contributed by atoms with Crippen LogP contribution in [0.5, 0.6) is 5.75 Å². The standard InChI is InChI=1S/C19H20N2O2/c1-20-11-12-22-21-18-15-9-5-6-10-17(15)23-19(13-16(18)19)14-7-3-2-4-8-14/h2-10,16,20H,11-13H2,1H3. The number of benzene rings is 2. The summed E-state index contributed by atoms with van der Waals surface area (Å²) in [5.74, 6) is 1.15. The first-order chi connectivity index (χ1) is 11.3. The lowest BCUT2D eigenvalue weighted by atomic mass is 9.96. The molecule has 1 aliphatic carbocycles. The Bertz CT molecular complexity index is 729. The van der Waals surface area contributed by atoms with Gasteiger partial charge in [-0.2, -0.15) is 0 Å². The highest BCUT2D eigenvalue weighted by Gasteiger charge is 2.64. The topological polar surface area (TPSA) is 42.8 Å². The van der Waals surface area contributed by atoms with Gasteiger partial charge >= 0.3 is 0 Å². The number of nitrogens with one attached hydrogen (secondary N) is 1. The molecule has 2 aromatic rings. The van der Waals surface area contributed by atoms with E-state index < -0.39 is 0 Å². The Kier molecular flexibility index (Phi) is 3.54. The van der Waals surface area contributed by atoms with Gasteiger partial charge in [-0.1, -0.05) is 47.6 Å². The zero-order chi connectivity index (χ0) is 15.7. The van der Waals surface area contributed by atoms with E-state index in [1.165, 1.54) is 5.56 Å². The van der Waals surface area contributed by atoms with Crippen LogP contribution in [-0.4, -0.2) is 25.9 Å². The maximum absolute atomic E-state index is 6.39. The predicted molar refractivity (Wildman–Crippen MR) is 89.7 cm³/mol. The van der Waals surface area contributed by atoms with Crippen LogP contribution < -0.4 is 10.1 Å². The zero-order valence-corrected chi connectivity index (χ0v) is 13.2. The molecule has 0 spiro atoms. The minimum atomic E-state index is -0.277. The number of fused-ring (bicyclic) bond motifs is 2. The van der Waals surface area contributed by atoms with Crippen LogP contribution in [0.3, 0.4) is 0 Å². The average molecular weight is 308 g/mol. The molecule has 0 radical (unpaired) electrons. The largest absolute Gasteiger partial charge is 0.481 e. The van der Waals surface area contributed by atoms with Crippen LogP contribution in [0.4, 0.5) is 0 Å². The summed E-state index contributed by atoms with van der Waals surface area (Å²) < 4.78 is 6.39. The first-order valence-electron chi connectivity index (χ1n) is 8.03. The Balaban J connectivity index is 1.69. The molecule has 23 heavy (non-hydrogen) atoms. The van der Waals surface area contributed by atoms with Gasteiger partial charge in [-0.15, -0.1) is 0 Å². The van der Waals surface area contributed by atoms with Crippen LogP contribution in [0.15, 0.2) is 59.8 Å².